The van der Waals surface area contributed by atoms with Gasteiger partial charge in [-0.3, -0.25) is 0 Å². The highest BCUT2D eigenvalue weighted by atomic mass is 79.9. The van der Waals surface area contributed by atoms with Gasteiger partial charge in [-0.05, 0) is 58.2 Å². The van der Waals surface area contributed by atoms with Crippen molar-refractivity contribution in [1.29, 1.82) is 0 Å². The molecule has 0 aromatic heterocycles. The molecule has 19 heavy (non-hydrogen) atoms. The summed E-state index contributed by atoms with van der Waals surface area (Å²) in [6.45, 7) is 2.49. The molecule has 0 aliphatic rings. The van der Waals surface area contributed by atoms with Gasteiger partial charge in [0, 0.05) is 5.02 Å². The van der Waals surface area contributed by atoms with Crippen molar-refractivity contribution in [1.82, 2.24) is 0 Å². The molecule has 0 atom stereocenters. The number of aryl methyl sites for hydroxylation is 1. The summed E-state index contributed by atoms with van der Waals surface area (Å²) in [6, 6.07) is 11.5. The Bertz CT molecular complexity index is 584. The van der Waals surface area contributed by atoms with Gasteiger partial charge >= 0.3 is 0 Å². The lowest BCUT2D eigenvalue weighted by molar-refractivity contribution is 0.304. The zero-order valence-electron chi connectivity index (χ0n) is 10.7. The van der Waals surface area contributed by atoms with Crippen LogP contribution >= 0.6 is 27.5 Å². The molecule has 0 saturated heterocycles. The van der Waals surface area contributed by atoms with Gasteiger partial charge < -0.3 is 9.47 Å². The van der Waals surface area contributed by atoms with Gasteiger partial charge in [0.15, 0.2) is 0 Å². The minimum atomic E-state index is 0.490. The minimum absolute atomic E-state index is 0.490. The maximum absolute atomic E-state index is 5.96. The van der Waals surface area contributed by atoms with E-state index < -0.39 is 0 Å². The van der Waals surface area contributed by atoms with Gasteiger partial charge in [-0.1, -0.05) is 23.7 Å². The number of hydrogen-bond acceptors (Lipinski definition) is 2. The summed E-state index contributed by atoms with van der Waals surface area (Å²) in [5.41, 5.74) is 2.13. The molecule has 0 fully saturated rings. The summed E-state index contributed by atoms with van der Waals surface area (Å²) in [4.78, 5) is 0. The predicted molar refractivity (Wildman–Crippen MR) is 81.2 cm³/mol. The molecule has 0 aliphatic heterocycles. The first-order valence-corrected chi connectivity index (χ1v) is 6.98. The fraction of sp³-hybridized carbons (Fsp3) is 0.200. The molecule has 4 heteroatoms. The lowest BCUT2D eigenvalue weighted by Gasteiger charge is -2.11. The third kappa shape index (κ3) is 3.64. The first-order valence-electron chi connectivity index (χ1n) is 5.81. The molecule has 0 bridgehead atoms. The number of hydrogen-bond donors (Lipinski definition) is 0. The van der Waals surface area contributed by atoms with Crippen LogP contribution in [0.2, 0.25) is 5.02 Å². The standard InChI is InChI=1S/C15H14BrClO2/c1-10-3-5-12(17)8-15(10)19-9-11-4-6-14(18-2)13(16)7-11/h3-8H,9H2,1-2H3. The van der Waals surface area contributed by atoms with Crippen LogP contribution in [0.15, 0.2) is 40.9 Å². The molecule has 2 aromatic carbocycles. The van der Waals surface area contributed by atoms with Gasteiger partial charge in [0.1, 0.15) is 18.1 Å². The first-order chi connectivity index (χ1) is 9.10. The molecular formula is C15H14BrClO2. The first kappa shape index (κ1) is 14.2. The summed E-state index contributed by atoms with van der Waals surface area (Å²) >= 11 is 9.42. The Morgan fingerprint density at radius 1 is 1.11 bits per heavy atom. The lowest BCUT2D eigenvalue weighted by Crippen LogP contribution is -1.97. The number of benzene rings is 2. The summed E-state index contributed by atoms with van der Waals surface area (Å²) in [6.07, 6.45) is 0. The van der Waals surface area contributed by atoms with Crippen LogP contribution in [0.1, 0.15) is 11.1 Å². The molecule has 0 aliphatic carbocycles. The highest BCUT2D eigenvalue weighted by molar-refractivity contribution is 9.10. The third-order valence-electron chi connectivity index (χ3n) is 2.76. The Hall–Kier alpha value is -1.19. The van der Waals surface area contributed by atoms with Crippen LogP contribution in [0.3, 0.4) is 0 Å². The third-order valence-corrected chi connectivity index (χ3v) is 3.62. The van der Waals surface area contributed by atoms with Gasteiger partial charge in [-0.15, -0.1) is 0 Å². The monoisotopic (exact) mass is 340 g/mol. The molecular weight excluding hydrogens is 328 g/mol. The van der Waals surface area contributed by atoms with E-state index >= 15 is 0 Å². The number of rotatable bonds is 4. The summed E-state index contributed by atoms with van der Waals surface area (Å²) in [7, 11) is 1.64. The zero-order chi connectivity index (χ0) is 13.8. The normalized spacial score (nSPS) is 10.3. The van der Waals surface area contributed by atoms with Crippen molar-refractivity contribution in [2.24, 2.45) is 0 Å². The van der Waals surface area contributed by atoms with E-state index in [2.05, 4.69) is 15.9 Å². The molecule has 0 heterocycles. The maximum atomic E-state index is 5.96. The Labute approximate surface area is 126 Å². The average Bonchev–Trinajstić information content (AvgIpc) is 2.40. The number of methoxy groups -OCH3 is 1. The van der Waals surface area contributed by atoms with Gasteiger partial charge in [-0.2, -0.15) is 0 Å². The van der Waals surface area contributed by atoms with E-state index in [0.717, 1.165) is 27.1 Å². The van der Waals surface area contributed by atoms with E-state index in [9.17, 15) is 0 Å². The molecule has 0 unspecified atom stereocenters. The SMILES string of the molecule is COc1ccc(COc2cc(Cl)ccc2C)cc1Br. The second kappa shape index (κ2) is 6.31. The Balaban J connectivity index is 2.10. The fourth-order valence-electron chi connectivity index (χ4n) is 1.69. The van der Waals surface area contributed by atoms with Crippen LogP contribution in [-0.4, -0.2) is 7.11 Å². The molecule has 0 N–H and O–H groups in total. The molecule has 0 saturated carbocycles. The highest BCUT2D eigenvalue weighted by Gasteiger charge is 2.04. The molecule has 2 aromatic rings. The van der Waals surface area contributed by atoms with Crippen molar-refractivity contribution in [2.45, 2.75) is 13.5 Å². The van der Waals surface area contributed by atoms with Crippen molar-refractivity contribution >= 4 is 27.5 Å². The van der Waals surface area contributed by atoms with Crippen LogP contribution in [-0.2, 0) is 6.61 Å². The molecule has 2 nitrogen and oxygen atoms in total. The van der Waals surface area contributed by atoms with E-state index in [-0.39, 0.29) is 0 Å². The van der Waals surface area contributed by atoms with E-state index in [1.54, 1.807) is 7.11 Å². The topological polar surface area (TPSA) is 18.5 Å². The van der Waals surface area contributed by atoms with Crippen LogP contribution < -0.4 is 9.47 Å². The Kier molecular flexibility index (Phi) is 4.72. The largest absolute Gasteiger partial charge is 0.496 e. The summed E-state index contributed by atoms with van der Waals surface area (Å²) in [5.74, 6) is 1.61. The van der Waals surface area contributed by atoms with Gasteiger partial charge in [0.25, 0.3) is 0 Å². The summed E-state index contributed by atoms with van der Waals surface area (Å²) in [5, 5.41) is 0.677. The van der Waals surface area contributed by atoms with Crippen LogP contribution in [0.5, 0.6) is 11.5 Å². The average molecular weight is 342 g/mol. The van der Waals surface area contributed by atoms with E-state index in [1.807, 2.05) is 43.3 Å². The lowest BCUT2D eigenvalue weighted by atomic mass is 10.2. The van der Waals surface area contributed by atoms with E-state index in [1.165, 1.54) is 0 Å². The summed E-state index contributed by atoms with van der Waals surface area (Å²) < 4.78 is 11.9. The van der Waals surface area contributed by atoms with Crippen LogP contribution in [0.4, 0.5) is 0 Å². The van der Waals surface area contributed by atoms with Crippen molar-refractivity contribution in [2.75, 3.05) is 7.11 Å². The second-order valence-electron chi connectivity index (χ2n) is 4.17. The Morgan fingerprint density at radius 2 is 1.89 bits per heavy atom. The maximum Gasteiger partial charge on any atom is 0.133 e. The molecule has 0 radical (unpaired) electrons. The molecule has 0 amide bonds. The Morgan fingerprint density at radius 3 is 2.58 bits per heavy atom. The molecule has 0 spiro atoms. The van der Waals surface area contributed by atoms with Crippen molar-refractivity contribution in [3.05, 3.63) is 57.0 Å². The van der Waals surface area contributed by atoms with E-state index in [4.69, 9.17) is 21.1 Å². The minimum Gasteiger partial charge on any atom is -0.496 e. The van der Waals surface area contributed by atoms with Crippen LogP contribution in [0, 0.1) is 6.92 Å². The molecule has 2 rings (SSSR count). The fourth-order valence-corrected chi connectivity index (χ4v) is 2.44. The predicted octanol–water partition coefficient (Wildman–Crippen LogP) is 5.00. The highest BCUT2D eigenvalue weighted by Crippen LogP contribution is 2.27. The van der Waals surface area contributed by atoms with Crippen molar-refractivity contribution in [3.63, 3.8) is 0 Å². The van der Waals surface area contributed by atoms with Gasteiger partial charge in [0.2, 0.25) is 0 Å². The van der Waals surface area contributed by atoms with Crippen molar-refractivity contribution in [3.8, 4) is 11.5 Å². The zero-order valence-corrected chi connectivity index (χ0v) is 13.1. The van der Waals surface area contributed by atoms with Crippen LogP contribution in [0.25, 0.3) is 0 Å². The van der Waals surface area contributed by atoms with E-state index in [0.29, 0.717) is 11.6 Å². The second-order valence-corrected chi connectivity index (χ2v) is 5.46. The van der Waals surface area contributed by atoms with Gasteiger partial charge in [0.05, 0.1) is 11.6 Å². The number of halogens is 2. The molecule has 100 valence electrons. The smallest absolute Gasteiger partial charge is 0.133 e. The quantitative estimate of drug-likeness (QED) is 0.779. The van der Waals surface area contributed by atoms with Gasteiger partial charge in [-0.25, -0.2) is 0 Å². The number of ether oxygens (including phenoxy) is 2. The van der Waals surface area contributed by atoms with Crippen molar-refractivity contribution < 1.29 is 9.47 Å².